The van der Waals surface area contributed by atoms with Crippen LogP contribution in [0.5, 0.6) is 0 Å². The number of hydrogen-bond acceptors (Lipinski definition) is 4. The van der Waals surface area contributed by atoms with E-state index in [1.54, 1.807) is 11.8 Å². The van der Waals surface area contributed by atoms with E-state index in [-0.39, 0.29) is 11.8 Å². The monoisotopic (exact) mass is 334 g/mol. The Kier molecular flexibility index (Phi) is 11.3. The first-order valence-electron chi connectivity index (χ1n) is 7.67. The first kappa shape index (κ1) is 20.8. The molecule has 21 heavy (non-hydrogen) atoms. The topological polar surface area (TPSA) is 54.4 Å². The predicted molar refractivity (Wildman–Crippen MR) is 94.5 cm³/mol. The van der Waals surface area contributed by atoms with Crippen molar-refractivity contribution in [2.75, 3.05) is 12.0 Å². The Morgan fingerprint density at radius 2 is 1.86 bits per heavy atom. The van der Waals surface area contributed by atoms with Crippen molar-refractivity contribution in [3.63, 3.8) is 0 Å². The number of thioether (sulfide) groups is 1. The molecule has 0 saturated heterocycles. The van der Waals surface area contributed by atoms with Crippen LogP contribution < -0.4 is 0 Å². The molecule has 0 aromatic rings. The van der Waals surface area contributed by atoms with Crippen molar-refractivity contribution in [1.29, 1.82) is 0 Å². The van der Waals surface area contributed by atoms with E-state index in [0.29, 0.717) is 23.9 Å². The molecule has 1 atom stereocenters. The number of ketones is 1. The van der Waals surface area contributed by atoms with Crippen LogP contribution in [0.25, 0.3) is 0 Å². The van der Waals surface area contributed by atoms with Crippen LogP contribution in [0.3, 0.4) is 0 Å². The molecule has 0 spiro atoms. The number of carbonyl (C=O) groups is 2. The Balaban J connectivity index is 3.84. The van der Waals surface area contributed by atoms with Crippen molar-refractivity contribution in [3.05, 3.63) is 0 Å². The fourth-order valence-corrected chi connectivity index (χ4v) is 3.03. The number of carboxylic acids is 1. The normalized spacial score (nSPS) is 13.1. The highest BCUT2D eigenvalue weighted by Gasteiger charge is 2.22. The lowest BCUT2D eigenvalue weighted by Crippen LogP contribution is -2.19. The number of hydrogen-bond donors (Lipinski definition) is 2. The van der Waals surface area contributed by atoms with Gasteiger partial charge >= 0.3 is 5.97 Å². The summed E-state index contributed by atoms with van der Waals surface area (Å²) in [6.07, 6.45) is 8.15. The average Bonchev–Trinajstić information content (AvgIpc) is 2.38. The zero-order valence-corrected chi connectivity index (χ0v) is 15.3. The second-order valence-corrected chi connectivity index (χ2v) is 8.17. The summed E-state index contributed by atoms with van der Waals surface area (Å²) in [7, 11) is 0. The van der Waals surface area contributed by atoms with Gasteiger partial charge in [0.2, 0.25) is 0 Å². The molecule has 3 nitrogen and oxygen atoms in total. The minimum absolute atomic E-state index is 0.0392. The van der Waals surface area contributed by atoms with E-state index in [2.05, 4.69) is 26.5 Å². The molecule has 1 unspecified atom stereocenters. The lowest BCUT2D eigenvalue weighted by Gasteiger charge is -2.25. The molecule has 0 aliphatic carbocycles. The summed E-state index contributed by atoms with van der Waals surface area (Å²) >= 11 is 6.29. The van der Waals surface area contributed by atoms with Gasteiger partial charge in [0.25, 0.3) is 0 Å². The average molecular weight is 335 g/mol. The van der Waals surface area contributed by atoms with Gasteiger partial charge in [-0.1, -0.05) is 20.3 Å². The lowest BCUT2D eigenvalue weighted by molar-refractivity contribution is -0.137. The van der Waals surface area contributed by atoms with Crippen molar-refractivity contribution < 1.29 is 14.7 Å². The van der Waals surface area contributed by atoms with Gasteiger partial charge in [-0.05, 0) is 43.1 Å². The quantitative estimate of drug-likeness (QED) is 0.386. The third kappa shape index (κ3) is 13.2. The summed E-state index contributed by atoms with van der Waals surface area (Å²) in [4.78, 5) is 22.3. The van der Waals surface area contributed by atoms with Gasteiger partial charge in [0.1, 0.15) is 5.78 Å². The van der Waals surface area contributed by atoms with Gasteiger partial charge in [-0.25, -0.2) is 0 Å². The molecule has 0 saturated carbocycles. The van der Waals surface area contributed by atoms with Crippen molar-refractivity contribution in [3.8, 4) is 0 Å². The van der Waals surface area contributed by atoms with Crippen LogP contribution >= 0.6 is 24.4 Å². The number of carbonyl (C=O) groups excluding carboxylic acids is 1. The fourth-order valence-electron chi connectivity index (χ4n) is 2.28. The van der Waals surface area contributed by atoms with E-state index in [1.807, 2.05) is 6.26 Å². The summed E-state index contributed by atoms with van der Waals surface area (Å²) in [6, 6.07) is 0. The van der Waals surface area contributed by atoms with Crippen LogP contribution in [0.15, 0.2) is 0 Å². The van der Waals surface area contributed by atoms with Crippen LogP contribution in [0, 0.1) is 5.41 Å². The summed E-state index contributed by atoms with van der Waals surface area (Å²) in [6.45, 7) is 4.30. The Hall–Kier alpha value is -0.160. The van der Waals surface area contributed by atoms with Crippen molar-refractivity contribution in [1.82, 2.24) is 0 Å². The lowest BCUT2D eigenvalue weighted by atomic mass is 9.81. The zero-order valence-electron chi connectivity index (χ0n) is 13.6. The number of unbranched alkanes of at least 4 members (excludes halogenated alkanes) is 1. The van der Waals surface area contributed by atoms with Gasteiger partial charge < -0.3 is 5.11 Å². The van der Waals surface area contributed by atoms with Gasteiger partial charge in [0.15, 0.2) is 0 Å². The molecule has 5 heteroatoms. The van der Waals surface area contributed by atoms with Gasteiger partial charge in [-0.2, -0.15) is 24.4 Å². The van der Waals surface area contributed by atoms with Crippen molar-refractivity contribution >= 4 is 36.1 Å². The Bertz CT molecular complexity index is 317. The smallest absolute Gasteiger partial charge is 0.303 e. The standard InChI is InChI=1S/C16H30O3S2/c1-16(2,12-13(17)9-11-21-3)10-8-14(20)6-4-5-7-15(18)19/h14,20H,4-12H2,1-3H3,(H,18,19). The van der Waals surface area contributed by atoms with Gasteiger partial charge in [-0.15, -0.1) is 0 Å². The molecule has 0 rings (SSSR count). The maximum Gasteiger partial charge on any atom is 0.303 e. The third-order valence-electron chi connectivity index (χ3n) is 3.59. The largest absolute Gasteiger partial charge is 0.481 e. The molecule has 0 aromatic heterocycles. The zero-order chi connectivity index (χ0) is 16.3. The van der Waals surface area contributed by atoms with Gasteiger partial charge in [0.05, 0.1) is 0 Å². The molecule has 1 N–H and O–H groups in total. The second kappa shape index (κ2) is 11.4. The minimum atomic E-state index is -0.726. The highest BCUT2D eigenvalue weighted by Crippen LogP contribution is 2.30. The van der Waals surface area contributed by atoms with Crippen LogP contribution in [0.1, 0.15) is 65.2 Å². The first-order chi connectivity index (χ1) is 9.76. The Morgan fingerprint density at radius 3 is 2.43 bits per heavy atom. The summed E-state index contributed by atoms with van der Waals surface area (Å²) in [5.41, 5.74) is 0.0392. The number of thiol groups is 1. The van der Waals surface area contributed by atoms with Crippen LogP contribution in [-0.2, 0) is 9.59 Å². The van der Waals surface area contributed by atoms with E-state index in [9.17, 15) is 9.59 Å². The SMILES string of the molecule is CSCCC(=O)CC(C)(C)CCC(S)CCCCC(=O)O. The molecule has 124 valence electrons. The molecule has 0 fully saturated rings. The van der Waals surface area contributed by atoms with E-state index in [0.717, 1.165) is 37.9 Å². The minimum Gasteiger partial charge on any atom is -0.481 e. The molecular weight excluding hydrogens is 304 g/mol. The van der Waals surface area contributed by atoms with E-state index < -0.39 is 5.97 Å². The molecule has 0 amide bonds. The summed E-state index contributed by atoms with van der Waals surface area (Å²) < 4.78 is 0. The number of carboxylic acid groups (broad SMARTS) is 1. The highest BCUT2D eigenvalue weighted by atomic mass is 32.2. The number of rotatable bonds is 13. The molecular formula is C16H30O3S2. The van der Waals surface area contributed by atoms with Crippen molar-refractivity contribution in [2.45, 2.75) is 70.5 Å². The number of Topliss-reactive ketones (excluding diaryl/α,β-unsaturated/α-hetero) is 1. The third-order valence-corrected chi connectivity index (χ3v) is 4.72. The van der Waals surface area contributed by atoms with E-state index in [1.165, 1.54) is 0 Å². The molecule has 0 aliphatic rings. The first-order valence-corrected chi connectivity index (χ1v) is 9.58. The molecule has 0 heterocycles. The number of aliphatic carboxylic acids is 1. The highest BCUT2D eigenvalue weighted by molar-refractivity contribution is 7.98. The Labute approximate surface area is 139 Å². The molecule has 0 radical (unpaired) electrons. The van der Waals surface area contributed by atoms with Crippen LogP contribution in [0.2, 0.25) is 0 Å². The summed E-state index contributed by atoms with van der Waals surface area (Å²) in [5.74, 6) is 0.537. The fraction of sp³-hybridized carbons (Fsp3) is 0.875. The second-order valence-electron chi connectivity index (χ2n) is 6.45. The summed E-state index contributed by atoms with van der Waals surface area (Å²) in [5, 5.41) is 8.89. The predicted octanol–water partition coefficient (Wildman–Crippen LogP) is 4.45. The van der Waals surface area contributed by atoms with Crippen LogP contribution in [-0.4, -0.2) is 34.1 Å². The van der Waals surface area contributed by atoms with Crippen molar-refractivity contribution in [2.24, 2.45) is 5.41 Å². The maximum absolute atomic E-state index is 11.8. The van der Waals surface area contributed by atoms with Gasteiger partial charge in [0, 0.05) is 24.5 Å². The Morgan fingerprint density at radius 1 is 1.19 bits per heavy atom. The van der Waals surface area contributed by atoms with E-state index in [4.69, 9.17) is 5.11 Å². The molecule has 0 bridgehead atoms. The maximum atomic E-state index is 11.8. The molecule has 0 aromatic carbocycles. The van der Waals surface area contributed by atoms with Crippen LogP contribution in [0.4, 0.5) is 0 Å². The van der Waals surface area contributed by atoms with E-state index >= 15 is 0 Å². The van der Waals surface area contributed by atoms with Gasteiger partial charge in [-0.3, -0.25) is 9.59 Å². The molecule has 0 aliphatic heterocycles.